The van der Waals surface area contributed by atoms with E-state index in [-0.39, 0.29) is 0 Å². The molecule has 0 bridgehead atoms. The van der Waals surface area contributed by atoms with Gasteiger partial charge in [-0.2, -0.15) is 0 Å². The van der Waals surface area contributed by atoms with E-state index in [0.29, 0.717) is 12.8 Å². The summed E-state index contributed by atoms with van der Waals surface area (Å²) in [5.41, 5.74) is 0. The van der Waals surface area contributed by atoms with Crippen LogP contribution in [0.4, 0.5) is 5.82 Å². The third-order valence-electron chi connectivity index (χ3n) is 4.45. The summed E-state index contributed by atoms with van der Waals surface area (Å²) in [7, 11) is 0. The summed E-state index contributed by atoms with van der Waals surface area (Å²) >= 11 is 0. The lowest BCUT2D eigenvalue weighted by atomic mass is 10.1. The molecule has 2 aliphatic rings. The Morgan fingerprint density at radius 1 is 1.00 bits per heavy atom. The molecule has 0 amide bonds. The largest absolute Gasteiger partial charge is 0.454 e. The van der Waals surface area contributed by atoms with Crippen LogP contribution in [0.1, 0.15) is 38.5 Å². The van der Waals surface area contributed by atoms with E-state index in [1.807, 2.05) is 24.4 Å². The maximum absolute atomic E-state index is 5.49. The van der Waals surface area contributed by atoms with Gasteiger partial charge < -0.3 is 14.8 Å². The molecule has 1 aromatic heterocycles. The van der Waals surface area contributed by atoms with Gasteiger partial charge in [-0.05, 0) is 36.4 Å². The SMILES string of the molecule is c1cc2cc3c(cc2c(NC2CCCCCC2)n1)OCO3. The number of aromatic nitrogens is 1. The van der Waals surface area contributed by atoms with Crippen molar-refractivity contribution in [3.63, 3.8) is 0 Å². The molecule has 0 atom stereocenters. The second-order valence-electron chi connectivity index (χ2n) is 5.92. The lowest BCUT2D eigenvalue weighted by Gasteiger charge is -2.18. The van der Waals surface area contributed by atoms with Crippen LogP contribution in [0, 0.1) is 0 Å². The molecular weight excluding hydrogens is 264 g/mol. The van der Waals surface area contributed by atoms with Gasteiger partial charge in [0.2, 0.25) is 6.79 Å². The molecule has 4 rings (SSSR count). The van der Waals surface area contributed by atoms with Crippen molar-refractivity contribution in [2.24, 2.45) is 0 Å². The summed E-state index contributed by atoms with van der Waals surface area (Å²) in [6.07, 6.45) is 9.69. The van der Waals surface area contributed by atoms with Gasteiger partial charge in [0.1, 0.15) is 5.82 Å². The Bertz CT molecular complexity index is 649. The van der Waals surface area contributed by atoms with Gasteiger partial charge in [-0.1, -0.05) is 25.7 Å². The third kappa shape index (κ3) is 2.50. The first kappa shape index (κ1) is 12.7. The van der Waals surface area contributed by atoms with Crippen LogP contribution in [0.25, 0.3) is 10.8 Å². The second-order valence-corrected chi connectivity index (χ2v) is 5.92. The van der Waals surface area contributed by atoms with Crippen LogP contribution in [0.5, 0.6) is 11.5 Å². The van der Waals surface area contributed by atoms with Gasteiger partial charge in [-0.25, -0.2) is 4.98 Å². The van der Waals surface area contributed by atoms with E-state index < -0.39 is 0 Å². The smallest absolute Gasteiger partial charge is 0.231 e. The molecule has 1 aliphatic carbocycles. The fraction of sp³-hybridized carbons (Fsp3) is 0.471. The Labute approximate surface area is 124 Å². The van der Waals surface area contributed by atoms with E-state index >= 15 is 0 Å². The van der Waals surface area contributed by atoms with Gasteiger partial charge in [0.25, 0.3) is 0 Å². The van der Waals surface area contributed by atoms with E-state index in [1.54, 1.807) is 0 Å². The van der Waals surface area contributed by atoms with Gasteiger partial charge >= 0.3 is 0 Å². The van der Waals surface area contributed by atoms with E-state index in [1.165, 1.54) is 38.5 Å². The van der Waals surface area contributed by atoms with Crippen LogP contribution >= 0.6 is 0 Å². The number of hydrogen-bond acceptors (Lipinski definition) is 4. The first-order valence-electron chi connectivity index (χ1n) is 7.85. The maximum atomic E-state index is 5.49. The van der Waals surface area contributed by atoms with Crippen molar-refractivity contribution in [3.05, 3.63) is 24.4 Å². The monoisotopic (exact) mass is 284 g/mol. The summed E-state index contributed by atoms with van der Waals surface area (Å²) in [6.45, 7) is 0.310. The van der Waals surface area contributed by atoms with Crippen LogP contribution in [0.2, 0.25) is 0 Å². The average molecular weight is 284 g/mol. The van der Waals surface area contributed by atoms with E-state index in [2.05, 4.69) is 10.3 Å². The molecule has 0 saturated heterocycles. The highest BCUT2D eigenvalue weighted by molar-refractivity contribution is 5.94. The lowest BCUT2D eigenvalue weighted by Crippen LogP contribution is -2.19. The minimum Gasteiger partial charge on any atom is -0.454 e. The predicted octanol–water partition coefficient (Wildman–Crippen LogP) is 4.10. The fourth-order valence-electron chi connectivity index (χ4n) is 3.29. The Morgan fingerprint density at radius 2 is 1.76 bits per heavy atom. The maximum Gasteiger partial charge on any atom is 0.231 e. The Balaban J connectivity index is 1.67. The third-order valence-corrected chi connectivity index (χ3v) is 4.45. The number of anilines is 1. The van der Waals surface area contributed by atoms with Crippen LogP contribution in [0.3, 0.4) is 0 Å². The predicted molar refractivity (Wildman–Crippen MR) is 83.0 cm³/mol. The van der Waals surface area contributed by atoms with Crippen molar-refractivity contribution >= 4 is 16.6 Å². The van der Waals surface area contributed by atoms with Crippen molar-refractivity contribution in [1.82, 2.24) is 4.98 Å². The van der Waals surface area contributed by atoms with E-state index in [9.17, 15) is 0 Å². The van der Waals surface area contributed by atoms with Gasteiger partial charge in [-0.15, -0.1) is 0 Å². The molecule has 1 aliphatic heterocycles. The molecule has 2 heterocycles. The molecule has 110 valence electrons. The summed E-state index contributed by atoms with van der Waals surface area (Å²) in [6, 6.07) is 6.65. The highest BCUT2D eigenvalue weighted by Gasteiger charge is 2.18. The Hall–Kier alpha value is -1.97. The van der Waals surface area contributed by atoms with Gasteiger partial charge in [0.15, 0.2) is 11.5 Å². The summed E-state index contributed by atoms with van der Waals surface area (Å²) in [4.78, 5) is 4.55. The van der Waals surface area contributed by atoms with Crippen LogP contribution in [0.15, 0.2) is 24.4 Å². The molecule has 4 nitrogen and oxygen atoms in total. The van der Waals surface area contributed by atoms with Crippen molar-refractivity contribution in [1.29, 1.82) is 0 Å². The number of nitrogens with zero attached hydrogens (tertiary/aromatic N) is 1. The van der Waals surface area contributed by atoms with Crippen LogP contribution in [-0.2, 0) is 0 Å². The van der Waals surface area contributed by atoms with Crippen molar-refractivity contribution < 1.29 is 9.47 Å². The summed E-state index contributed by atoms with van der Waals surface area (Å²) in [5, 5.41) is 5.91. The van der Waals surface area contributed by atoms with Crippen LogP contribution in [-0.4, -0.2) is 17.8 Å². The van der Waals surface area contributed by atoms with Crippen molar-refractivity contribution in [3.8, 4) is 11.5 Å². The molecule has 1 fully saturated rings. The van der Waals surface area contributed by atoms with Gasteiger partial charge in [0.05, 0.1) is 0 Å². The summed E-state index contributed by atoms with van der Waals surface area (Å²) < 4.78 is 10.9. The number of fused-ring (bicyclic) bond motifs is 2. The summed E-state index contributed by atoms with van der Waals surface area (Å²) in [5.74, 6) is 2.62. The Kier molecular flexibility index (Phi) is 3.30. The number of benzene rings is 1. The number of rotatable bonds is 2. The topological polar surface area (TPSA) is 43.4 Å². The molecule has 2 aromatic rings. The molecule has 0 unspecified atom stereocenters. The first-order valence-corrected chi connectivity index (χ1v) is 7.85. The van der Waals surface area contributed by atoms with Crippen molar-refractivity contribution in [2.75, 3.05) is 12.1 Å². The quantitative estimate of drug-likeness (QED) is 0.843. The minimum atomic E-state index is 0.310. The molecule has 0 radical (unpaired) electrons. The minimum absolute atomic E-state index is 0.310. The average Bonchev–Trinajstić information content (AvgIpc) is 2.80. The lowest BCUT2D eigenvalue weighted by molar-refractivity contribution is 0.174. The Morgan fingerprint density at radius 3 is 2.57 bits per heavy atom. The standard InChI is InChI=1S/C17H20N2O2/c1-2-4-6-13(5-3-1)19-17-14-10-16-15(20-11-21-16)9-12(14)7-8-18-17/h7-10,13H,1-6,11H2,(H,18,19). The van der Waals surface area contributed by atoms with Gasteiger partial charge in [0, 0.05) is 17.6 Å². The second kappa shape index (κ2) is 5.43. The number of pyridine rings is 1. The highest BCUT2D eigenvalue weighted by atomic mass is 16.7. The zero-order valence-corrected chi connectivity index (χ0v) is 12.1. The number of hydrogen-bond donors (Lipinski definition) is 1. The molecule has 0 spiro atoms. The molecule has 4 heteroatoms. The number of ether oxygens (including phenoxy) is 2. The number of nitrogens with one attached hydrogen (secondary N) is 1. The molecule has 1 aromatic carbocycles. The molecule has 1 N–H and O–H groups in total. The fourth-order valence-corrected chi connectivity index (χ4v) is 3.29. The zero-order valence-electron chi connectivity index (χ0n) is 12.1. The van der Waals surface area contributed by atoms with Gasteiger partial charge in [-0.3, -0.25) is 0 Å². The molecular formula is C17H20N2O2. The molecule has 21 heavy (non-hydrogen) atoms. The van der Waals surface area contributed by atoms with E-state index in [0.717, 1.165) is 28.1 Å². The van der Waals surface area contributed by atoms with E-state index in [4.69, 9.17) is 9.47 Å². The zero-order chi connectivity index (χ0) is 14.1. The van der Waals surface area contributed by atoms with Crippen molar-refractivity contribution in [2.45, 2.75) is 44.6 Å². The normalized spacial score (nSPS) is 18.7. The first-order chi connectivity index (χ1) is 10.4. The van der Waals surface area contributed by atoms with Crippen LogP contribution < -0.4 is 14.8 Å². The molecule has 1 saturated carbocycles. The highest BCUT2D eigenvalue weighted by Crippen LogP contribution is 2.38.